The van der Waals surface area contributed by atoms with Crippen molar-refractivity contribution in [1.29, 1.82) is 0 Å². The predicted molar refractivity (Wildman–Crippen MR) is 69.0 cm³/mol. The highest BCUT2D eigenvalue weighted by atomic mass is 19.3. The largest absolute Gasteiger partial charge is 0.332 e. The SMILES string of the molecule is Cn1c(=O)c2c(ncn2CC(=O)NC(C)(F)F)n(C)c1=O. The summed E-state index contributed by atoms with van der Waals surface area (Å²) in [7, 11) is 2.70. The Balaban J connectivity index is 2.51. The first-order chi connectivity index (χ1) is 9.61. The first-order valence-corrected chi connectivity index (χ1v) is 5.91. The summed E-state index contributed by atoms with van der Waals surface area (Å²) in [5.74, 6) is -0.974. The maximum atomic E-state index is 12.7. The number of aryl methyl sites for hydroxylation is 1. The van der Waals surface area contributed by atoms with E-state index in [2.05, 4.69) is 4.98 Å². The van der Waals surface area contributed by atoms with Gasteiger partial charge in [0.15, 0.2) is 11.2 Å². The molecule has 0 aliphatic heterocycles. The maximum Gasteiger partial charge on any atom is 0.332 e. The van der Waals surface area contributed by atoms with Gasteiger partial charge in [-0.25, -0.2) is 9.78 Å². The molecule has 2 aromatic rings. The van der Waals surface area contributed by atoms with Crippen LogP contribution >= 0.6 is 0 Å². The van der Waals surface area contributed by atoms with Crippen LogP contribution in [0, 0.1) is 0 Å². The Bertz CT molecular complexity index is 827. The molecule has 0 atom stereocenters. The third kappa shape index (κ3) is 2.69. The van der Waals surface area contributed by atoms with Crippen LogP contribution < -0.4 is 16.6 Å². The maximum absolute atomic E-state index is 12.7. The monoisotopic (exact) mass is 301 g/mol. The second-order valence-electron chi connectivity index (χ2n) is 4.69. The third-order valence-electron chi connectivity index (χ3n) is 2.89. The molecule has 8 nitrogen and oxygen atoms in total. The lowest BCUT2D eigenvalue weighted by molar-refractivity contribution is -0.131. The fourth-order valence-electron chi connectivity index (χ4n) is 1.96. The molecule has 114 valence electrons. The minimum atomic E-state index is -3.36. The zero-order valence-electron chi connectivity index (χ0n) is 11.6. The van der Waals surface area contributed by atoms with Gasteiger partial charge in [0, 0.05) is 21.0 Å². The predicted octanol–water partition coefficient (Wildman–Crippen LogP) is -0.837. The van der Waals surface area contributed by atoms with Crippen molar-refractivity contribution in [3.63, 3.8) is 0 Å². The Kier molecular flexibility index (Phi) is 3.39. The molecule has 10 heteroatoms. The van der Waals surface area contributed by atoms with Gasteiger partial charge in [-0.3, -0.25) is 24.0 Å². The molecule has 0 saturated heterocycles. The smallest absolute Gasteiger partial charge is 0.315 e. The summed E-state index contributed by atoms with van der Waals surface area (Å²) < 4.78 is 28.5. The van der Waals surface area contributed by atoms with E-state index >= 15 is 0 Å². The Morgan fingerprint density at radius 2 is 1.95 bits per heavy atom. The second-order valence-corrected chi connectivity index (χ2v) is 4.69. The molecule has 1 N–H and O–H groups in total. The van der Waals surface area contributed by atoms with Gasteiger partial charge in [0.2, 0.25) is 5.91 Å². The molecular weight excluding hydrogens is 288 g/mol. The first-order valence-electron chi connectivity index (χ1n) is 5.91. The Labute approximate surface area is 116 Å². The van der Waals surface area contributed by atoms with Crippen LogP contribution in [-0.4, -0.2) is 30.6 Å². The van der Waals surface area contributed by atoms with E-state index in [0.717, 1.165) is 20.0 Å². The molecule has 0 aliphatic carbocycles. The van der Waals surface area contributed by atoms with Gasteiger partial charge in [0.05, 0.1) is 6.33 Å². The quantitative estimate of drug-likeness (QED) is 0.749. The minimum Gasteiger partial charge on any atom is -0.315 e. The van der Waals surface area contributed by atoms with Crippen LogP contribution in [0.4, 0.5) is 8.78 Å². The van der Waals surface area contributed by atoms with Crippen LogP contribution in [0.3, 0.4) is 0 Å². The van der Waals surface area contributed by atoms with Crippen LogP contribution in [0.15, 0.2) is 15.9 Å². The van der Waals surface area contributed by atoms with Crippen molar-refractivity contribution in [3.05, 3.63) is 27.2 Å². The number of carbonyl (C=O) groups excluding carboxylic acids is 1. The first kappa shape index (κ1) is 14.9. The highest BCUT2D eigenvalue weighted by molar-refractivity contribution is 5.79. The average molecular weight is 301 g/mol. The van der Waals surface area contributed by atoms with Gasteiger partial charge in [-0.2, -0.15) is 8.78 Å². The molecule has 0 bridgehead atoms. The number of alkyl halides is 2. The van der Waals surface area contributed by atoms with E-state index < -0.39 is 29.7 Å². The molecule has 0 fully saturated rings. The summed E-state index contributed by atoms with van der Waals surface area (Å²) in [4.78, 5) is 39.2. The number of fused-ring (bicyclic) bond motifs is 1. The zero-order valence-corrected chi connectivity index (χ0v) is 11.6. The number of imidazole rings is 1. The van der Waals surface area contributed by atoms with Crippen molar-refractivity contribution in [2.45, 2.75) is 19.5 Å². The molecule has 21 heavy (non-hydrogen) atoms. The summed E-state index contributed by atoms with van der Waals surface area (Å²) in [6.07, 6.45) is 1.15. The van der Waals surface area contributed by atoms with E-state index in [1.54, 1.807) is 0 Å². The molecule has 0 aliphatic rings. The summed E-state index contributed by atoms with van der Waals surface area (Å²) in [6.45, 7) is 0.0347. The number of hydrogen-bond donors (Lipinski definition) is 1. The minimum absolute atomic E-state index is 0.00540. The molecule has 2 aromatic heterocycles. The van der Waals surface area contributed by atoms with E-state index in [0.29, 0.717) is 6.92 Å². The molecule has 0 unspecified atom stereocenters. The van der Waals surface area contributed by atoms with E-state index in [1.807, 2.05) is 0 Å². The highest BCUT2D eigenvalue weighted by Crippen LogP contribution is 2.08. The zero-order chi connectivity index (χ0) is 15.9. The molecule has 0 aromatic carbocycles. The Morgan fingerprint density at radius 3 is 2.52 bits per heavy atom. The second kappa shape index (κ2) is 4.79. The standard InChI is InChI=1S/C11H13F2N5O3/c1-11(12,13)15-6(19)4-18-5-14-8-7(18)9(20)17(3)10(21)16(8)2/h5H,4H2,1-3H3,(H,15,19). The number of aromatic nitrogens is 4. The topological polar surface area (TPSA) is 90.9 Å². The van der Waals surface area contributed by atoms with Gasteiger partial charge in [-0.05, 0) is 0 Å². The van der Waals surface area contributed by atoms with E-state index in [-0.39, 0.29) is 11.2 Å². The fraction of sp³-hybridized carbons (Fsp3) is 0.455. The molecular formula is C11H13F2N5O3. The number of nitrogens with one attached hydrogen (secondary N) is 1. The van der Waals surface area contributed by atoms with Crippen molar-refractivity contribution in [2.75, 3.05) is 0 Å². The van der Waals surface area contributed by atoms with Crippen LogP contribution in [0.25, 0.3) is 11.2 Å². The molecule has 0 radical (unpaired) electrons. The van der Waals surface area contributed by atoms with Crippen molar-refractivity contribution in [1.82, 2.24) is 24.0 Å². The van der Waals surface area contributed by atoms with Gasteiger partial charge < -0.3 is 4.57 Å². The number of rotatable bonds is 3. The van der Waals surface area contributed by atoms with Crippen molar-refractivity contribution in [2.24, 2.45) is 14.1 Å². The fourth-order valence-corrected chi connectivity index (χ4v) is 1.96. The highest BCUT2D eigenvalue weighted by Gasteiger charge is 2.24. The number of amides is 1. The van der Waals surface area contributed by atoms with Crippen LogP contribution in [0.1, 0.15) is 6.92 Å². The lowest BCUT2D eigenvalue weighted by Gasteiger charge is -2.12. The van der Waals surface area contributed by atoms with Gasteiger partial charge in [-0.1, -0.05) is 0 Å². The van der Waals surface area contributed by atoms with Crippen molar-refractivity contribution >= 4 is 17.1 Å². The summed E-state index contributed by atoms with van der Waals surface area (Å²) >= 11 is 0. The Hall–Kier alpha value is -2.52. The van der Waals surface area contributed by atoms with E-state index in [1.165, 1.54) is 19.4 Å². The summed E-state index contributed by atoms with van der Waals surface area (Å²) in [5, 5.41) is 1.48. The number of hydrogen-bond acceptors (Lipinski definition) is 4. The lowest BCUT2D eigenvalue weighted by Crippen LogP contribution is -2.41. The van der Waals surface area contributed by atoms with Crippen molar-refractivity contribution in [3.8, 4) is 0 Å². The molecule has 0 spiro atoms. The van der Waals surface area contributed by atoms with Gasteiger partial charge in [0.25, 0.3) is 5.56 Å². The normalized spacial score (nSPS) is 11.9. The van der Waals surface area contributed by atoms with E-state index in [9.17, 15) is 23.2 Å². The van der Waals surface area contributed by atoms with Crippen molar-refractivity contribution < 1.29 is 13.6 Å². The summed E-state index contributed by atoms with van der Waals surface area (Å²) in [6, 6.07) is -3.36. The number of halogens is 2. The molecule has 0 saturated carbocycles. The molecule has 1 amide bonds. The van der Waals surface area contributed by atoms with Gasteiger partial charge in [0.1, 0.15) is 6.54 Å². The van der Waals surface area contributed by atoms with Crippen LogP contribution in [0.5, 0.6) is 0 Å². The van der Waals surface area contributed by atoms with Crippen LogP contribution in [0.2, 0.25) is 0 Å². The lowest BCUT2D eigenvalue weighted by atomic mass is 10.4. The number of carbonyl (C=O) groups is 1. The van der Waals surface area contributed by atoms with Gasteiger partial charge >= 0.3 is 11.7 Å². The third-order valence-corrected chi connectivity index (χ3v) is 2.89. The molecule has 2 heterocycles. The number of nitrogens with zero attached hydrogens (tertiary/aromatic N) is 4. The average Bonchev–Trinajstić information content (AvgIpc) is 2.75. The van der Waals surface area contributed by atoms with Crippen LogP contribution in [-0.2, 0) is 25.4 Å². The summed E-state index contributed by atoms with van der Waals surface area (Å²) in [5.41, 5.74) is -1.14. The van der Waals surface area contributed by atoms with Gasteiger partial charge in [-0.15, -0.1) is 0 Å². The Morgan fingerprint density at radius 1 is 1.33 bits per heavy atom. The molecule has 2 rings (SSSR count). The van der Waals surface area contributed by atoms with E-state index in [4.69, 9.17) is 0 Å².